The van der Waals surface area contributed by atoms with Crippen LogP contribution in [-0.4, -0.2) is 31.3 Å². The van der Waals surface area contributed by atoms with Crippen molar-refractivity contribution in [2.24, 2.45) is 5.10 Å². The van der Waals surface area contributed by atoms with Gasteiger partial charge in [0.05, 0.1) is 30.4 Å². The first-order valence-corrected chi connectivity index (χ1v) is 8.89. The quantitative estimate of drug-likeness (QED) is 0.340. The van der Waals surface area contributed by atoms with Crippen molar-refractivity contribution in [2.75, 3.05) is 14.2 Å². The van der Waals surface area contributed by atoms with Crippen LogP contribution >= 0.6 is 11.6 Å². The molecule has 0 saturated carbocycles. The van der Waals surface area contributed by atoms with Crippen LogP contribution in [-0.2, 0) is 0 Å². The summed E-state index contributed by atoms with van der Waals surface area (Å²) in [5, 5.41) is 15.1. The Bertz CT molecular complexity index is 1100. The van der Waals surface area contributed by atoms with Crippen LogP contribution in [0.25, 0.3) is 11.3 Å². The number of hydrazone groups is 1. The van der Waals surface area contributed by atoms with Crippen molar-refractivity contribution >= 4 is 29.4 Å². The van der Waals surface area contributed by atoms with Gasteiger partial charge in [0.15, 0.2) is 0 Å². The molecule has 154 valence electrons. The summed E-state index contributed by atoms with van der Waals surface area (Å²) >= 11 is 6.11. The fourth-order valence-corrected chi connectivity index (χ4v) is 2.75. The molecule has 0 aliphatic carbocycles. The monoisotopic (exact) mass is 429 g/mol. The van der Waals surface area contributed by atoms with Crippen molar-refractivity contribution in [2.45, 2.75) is 0 Å². The highest BCUT2D eigenvalue weighted by Gasteiger charge is 2.14. The molecule has 3 aromatic rings. The molecule has 1 amide bonds. The van der Waals surface area contributed by atoms with Gasteiger partial charge >= 0.3 is 0 Å². The average molecular weight is 430 g/mol. The first kappa shape index (κ1) is 20.9. The van der Waals surface area contributed by atoms with Crippen LogP contribution in [0.3, 0.4) is 0 Å². The minimum absolute atomic E-state index is 0.109. The van der Waals surface area contributed by atoms with E-state index in [0.717, 1.165) is 0 Å². The highest BCUT2D eigenvalue weighted by molar-refractivity contribution is 6.33. The molecule has 30 heavy (non-hydrogen) atoms. The lowest BCUT2D eigenvalue weighted by Gasteiger charge is -2.07. The molecule has 0 radical (unpaired) electrons. The normalized spacial score (nSPS) is 10.8. The number of methoxy groups -OCH3 is 2. The van der Waals surface area contributed by atoms with Crippen molar-refractivity contribution in [3.63, 3.8) is 0 Å². The molecule has 3 rings (SSSR count). The van der Waals surface area contributed by atoms with Gasteiger partial charge in [-0.05, 0) is 30.3 Å². The number of hydrogen-bond donors (Lipinski definition) is 1. The zero-order valence-corrected chi connectivity index (χ0v) is 16.7. The summed E-state index contributed by atoms with van der Waals surface area (Å²) in [5.74, 6) is 1.10. The molecule has 0 saturated heterocycles. The maximum atomic E-state index is 12.3. The van der Waals surface area contributed by atoms with Gasteiger partial charge in [0.25, 0.3) is 11.6 Å². The van der Waals surface area contributed by atoms with Crippen LogP contribution in [0.15, 0.2) is 58.0 Å². The topological polar surface area (TPSA) is 116 Å². The Morgan fingerprint density at radius 2 is 1.83 bits per heavy atom. The summed E-state index contributed by atoms with van der Waals surface area (Å²) in [6, 6.07) is 12.0. The zero-order valence-electron chi connectivity index (χ0n) is 15.9. The molecule has 1 N–H and O–H groups in total. The van der Waals surface area contributed by atoms with E-state index < -0.39 is 10.8 Å². The van der Waals surface area contributed by atoms with Crippen LogP contribution in [0.1, 0.15) is 16.1 Å². The van der Waals surface area contributed by atoms with Crippen LogP contribution < -0.4 is 14.9 Å². The van der Waals surface area contributed by atoms with E-state index in [0.29, 0.717) is 39.2 Å². The minimum Gasteiger partial charge on any atom is -0.497 e. The number of nitrogens with one attached hydrogen (secondary N) is 1. The number of rotatable bonds is 7. The lowest BCUT2D eigenvalue weighted by Crippen LogP contribution is -2.17. The molecule has 10 heteroatoms. The maximum absolute atomic E-state index is 12.3. The lowest BCUT2D eigenvalue weighted by atomic mass is 10.1. The third kappa shape index (κ3) is 4.76. The number of nitrogens with zero attached hydrogens (tertiary/aromatic N) is 2. The third-order valence-electron chi connectivity index (χ3n) is 4.02. The summed E-state index contributed by atoms with van der Waals surface area (Å²) in [7, 11) is 2.97. The van der Waals surface area contributed by atoms with E-state index in [1.54, 1.807) is 30.3 Å². The first-order chi connectivity index (χ1) is 14.4. The smallest absolute Gasteiger partial charge is 0.271 e. The highest BCUT2D eigenvalue weighted by atomic mass is 35.5. The Morgan fingerprint density at radius 3 is 2.47 bits per heavy atom. The average Bonchev–Trinajstić information content (AvgIpc) is 3.21. The van der Waals surface area contributed by atoms with Crippen molar-refractivity contribution in [3.05, 3.63) is 75.0 Å². The molecule has 0 aliphatic heterocycles. The zero-order chi connectivity index (χ0) is 21.7. The maximum Gasteiger partial charge on any atom is 0.271 e. The molecule has 9 nitrogen and oxygen atoms in total. The fourth-order valence-electron chi connectivity index (χ4n) is 2.54. The third-order valence-corrected chi connectivity index (χ3v) is 4.35. The van der Waals surface area contributed by atoms with Gasteiger partial charge in [0, 0.05) is 29.3 Å². The molecule has 0 fully saturated rings. The summed E-state index contributed by atoms with van der Waals surface area (Å²) in [5.41, 5.74) is 2.94. The van der Waals surface area contributed by atoms with E-state index in [1.165, 1.54) is 38.6 Å². The van der Waals surface area contributed by atoms with E-state index in [1.807, 2.05) is 0 Å². The molecule has 1 heterocycles. The Balaban J connectivity index is 1.73. The molecule has 0 unspecified atom stereocenters. The second-order valence-electron chi connectivity index (χ2n) is 5.92. The molecular formula is C20H16ClN3O6. The molecular weight excluding hydrogens is 414 g/mol. The number of ether oxygens (including phenoxy) is 2. The first-order valence-electron chi connectivity index (χ1n) is 8.52. The van der Waals surface area contributed by atoms with Gasteiger partial charge in [-0.1, -0.05) is 11.6 Å². The van der Waals surface area contributed by atoms with Crippen LogP contribution in [0.5, 0.6) is 11.5 Å². The lowest BCUT2D eigenvalue weighted by molar-refractivity contribution is -0.384. The SMILES string of the molecule is COc1cc(OC)cc(C(=O)N/N=C\c2ccc(-c3cc([N+](=O)[O-])ccc3Cl)o2)c1. The van der Waals surface area contributed by atoms with E-state index in [-0.39, 0.29) is 5.69 Å². The van der Waals surface area contributed by atoms with Crippen molar-refractivity contribution in [1.82, 2.24) is 5.43 Å². The number of carbonyl (C=O) groups is 1. The molecule has 1 aromatic heterocycles. The molecule has 0 atom stereocenters. The Morgan fingerprint density at radius 1 is 1.13 bits per heavy atom. The second-order valence-corrected chi connectivity index (χ2v) is 6.33. The van der Waals surface area contributed by atoms with Gasteiger partial charge in [-0.25, -0.2) is 5.43 Å². The number of benzene rings is 2. The van der Waals surface area contributed by atoms with Crippen molar-refractivity contribution in [3.8, 4) is 22.8 Å². The predicted molar refractivity (Wildman–Crippen MR) is 110 cm³/mol. The Hall–Kier alpha value is -3.85. The Kier molecular flexibility index (Phi) is 6.33. The molecule has 0 bridgehead atoms. The largest absolute Gasteiger partial charge is 0.497 e. The number of hydrogen-bond acceptors (Lipinski definition) is 7. The number of amides is 1. The van der Waals surface area contributed by atoms with E-state index in [9.17, 15) is 14.9 Å². The minimum atomic E-state index is -0.520. The number of nitro benzene ring substituents is 1. The van der Waals surface area contributed by atoms with Gasteiger partial charge in [-0.15, -0.1) is 0 Å². The van der Waals surface area contributed by atoms with E-state index in [2.05, 4.69) is 10.5 Å². The van der Waals surface area contributed by atoms with Gasteiger partial charge in [0.2, 0.25) is 0 Å². The van der Waals surface area contributed by atoms with E-state index in [4.69, 9.17) is 25.5 Å². The summed E-state index contributed by atoms with van der Waals surface area (Å²) < 4.78 is 15.9. The number of furan rings is 1. The molecule has 0 spiro atoms. The fraction of sp³-hybridized carbons (Fsp3) is 0.100. The van der Waals surface area contributed by atoms with Crippen molar-refractivity contribution < 1.29 is 23.6 Å². The standard InChI is InChI=1S/C20H16ClN3O6/c1-28-15-7-12(8-16(10-15)29-2)20(25)23-22-11-14-4-6-19(30-14)17-9-13(24(26)27)3-5-18(17)21/h3-11H,1-2H3,(H,23,25)/b22-11-. The van der Waals surface area contributed by atoms with Gasteiger partial charge in [-0.3, -0.25) is 14.9 Å². The summed E-state index contributed by atoms with van der Waals surface area (Å²) in [6.45, 7) is 0. The van der Waals surface area contributed by atoms with Gasteiger partial charge < -0.3 is 13.9 Å². The number of nitro groups is 1. The molecule has 0 aliphatic rings. The summed E-state index contributed by atoms with van der Waals surface area (Å²) in [4.78, 5) is 22.7. The van der Waals surface area contributed by atoms with Gasteiger partial charge in [0.1, 0.15) is 23.0 Å². The Labute approximate surface area is 176 Å². The van der Waals surface area contributed by atoms with Crippen LogP contribution in [0.4, 0.5) is 5.69 Å². The van der Waals surface area contributed by atoms with Crippen molar-refractivity contribution in [1.29, 1.82) is 0 Å². The summed E-state index contributed by atoms with van der Waals surface area (Å²) in [6.07, 6.45) is 1.30. The predicted octanol–water partition coefficient (Wildman–Crippen LogP) is 4.29. The van der Waals surface area contributed by atoms with Crippen LogP contribution in [0.2, 0.25) is 5.02 Å². The number of carbonyl (C=O) groups excluding carboxylic acids is 1. The van der Waals surface area contributed by atoms with Gasteiger partial charge in [-0.2, -0.15) is 5.10 Å². The number of halogens is 1. The number of non-ortho nitro benzene ring substituents is 1. The van der Waals surface area contributed by atoms with Crippen LogP contribution in [0, 0.1) is 10.1 Å². The van der Waals surface area contributed by atoms with E-state index >= 15 is 0 Å². The molecule has 2 aromatic carbocycles. The highest BCUT2D eigenvalue weighted by Crippen LogP contribution is 2.32. The second kappa shape index (κ2) is 9.10.